The van der Waals surface area contributed by atoms with Crippen LogP contribution < -0.4 is 9.64 Å². The summed E-state index contributed by atoms with van der Waals surface area (Å²) in [5.74, 6) is 0.303. The molecule has 2 heterocycles. The molecule has 0 atom stereocenters. The fraction of sp³-hybridized carbons (Fsp3) is 0.353. The quantitative estimate of drug-likeness (QED) is 0.726. The highest BCUT2D eigenvalue weighted by Crippen LogP contribution is 2.35. The van der Waals surface area contributed by atoms with Gasteiger partial charge in [-0.3, -0.25) is 0 Å². The van der Waals surface area contributed by atoms with Gasteiger partial charge >= 0.3 is 5.97 Å². The van der Waals surface area contributed by atoms with Crippen molar-refractivity contribution in [3.8, 4) is 5.88 Å². The molecule has 3 rings (SSSR count). The highest BCUT2D eigenvalue weighted by molar-refractivity contribution is 9.10. The van der Waals surface area contributed by atoms with Crippen LogP contribution in [0.5, 0.6) is 5.88 Å². The van der Waals surface area contributed by atoms with Gasteiger partial charge in [-0.2, -0.15) is 4.98 Å². The maximum absolute atomic E-state index is 12.0. The summed E-state index contributed by atoms with van der Waals surface area (Å²) in [6.07, 6.45) is 2.39. The Balaban J connectivity index is 1.96. The lowest BCUT2D eigenvalue weighted by atomic mass is 10.2. The number of nitrogens with zero attached hydrogens (tertiary/aromatic N) is 3. The number of esters is 1. The van der Waals surface area contributed by atoms with Gasteiger partial charge in [-0.1, -0.05) is 15.9 Å². The van der Waals surface area contributed by atoms with E-state index in [9.17, 15) is 4.79 Å². The minimum atomic E-state index is -0.474. The van der Waals surface area contributed by atoms with Crippen molar-refractivity contribution in [3.63, 3.8) is 0 Å². The van der Waals surface area contributed by atoms with E-state index in [1.54, 1.807) is 6.92 Å². The van der Waals surface area contributed by atoms with Gasteiger partial charge in [0.25, 0.3) is 0 Å². The molecule has 126 valence electrons. The predicted octanol–water partition coefficient (Wildman–Crippen LogP) is 3.51. The van der Waals surface area contributed by atoms with Crippen LogP contribution in [0.25, 0.3) is 0 Å². The van der Waals surface area contributed by atoms with Gasteiger partial charge in [-0.05, 0) is 44.0 Å². The zero-order valence-corrected chi connectivity index (χ0v) is 15.2. The largest absolute Gasteiger partial charge is 0.477 e. The summed E-state index contributed by atoms with van der Waals surface area (Å²) in [6, 6.07) is 6.13. The number of halogens is 1. The zero-order valence-electron chi connectivity index (χ0n) is 13.6. The number of aromatic nitrogens is 2. The monoisotopic (exact) mass is 391 g/mol. The summed E-state index contributed by atoms with van der Waals surface area (Å²) < 4.78 is 11.6. The molecule has 1 aliphatic heterocycles. The van der Waals surface area contributed by atoms with Crippen LogP contribution in [0.1, 0.15) is 29.8 Å². The average Bonchev–Trinajstić information content (AvgIpc) is 2.98. The average molecular weight is 392 g/mol. The summed E-state index contributed by atoms with van der Waals surface area (Å²) in [6.45, 7) is 5.09. The first kappa shape index (κ1) is 16.7. The molecule has 0 fully saturated rings. The van der Waals surface area contributed by atoms with Crippen molar-refractivity contribution in [1.82, 2.24) is 9.97 Å². The lowest BCUT2D eigenvalue weighted by molar-refractivity contribution is 0.0520. The van der Waals surface area contributed by atoms with Crippen molar-refractivity contribution in [2.45, 2.75) is 20.3 Å². The van der Waals surface area contributed by atoms with Gasteiger partial charge in [0, 0.05) is 16.7 Å². The third-order valence-electron chi connectivity index (χ3n) is 3.70. The number of hydrogen-bond donors (Lipinski definition) is 0. The topological polar surface area (TPSA) is 64.5 Å². The lowest BCUT2D eigenvalue weighted by Gasteiger charge is -2.18. The van der Waals surface area contributed by atoms with Crippen molar-refractivity contribution in [3.05, 3.63) is 40.0 Å². The second kappa shape index (κ2) is 7.17. The highest BCUT2D eigenvalue weighted by Gasteiger charge is 2.25. The molecule has 0 aliphatic carbocycles. The van der Waals surface area contributed by atoms with E-state index in [2.05, 4.69) is 32.0 Å². The van der Waals surface area contributed by atoms with Crippen LogP contribution in [0.3, 0.4) is 0 Å². The van der Waals surface area contributed by atoms with Crippen molar-refractivity contribution < 1.29 is 14.3 Å². The molecule has 0 unspecified atom stereocenters. The van der Waals surface area contributed by atoms with Crippen molar-refractivity contribution >= 4 is 33.5 Å². The first-order chi connectivity index (χ1) is 11.6. The van der Waals surface area contributed by atoms with Gasteiger partial charge in [-0.15, -0.1) is 0 Å². The Bertz CT molecular complexity index is 767. The number of anilines is 2. The maximum Gasteiger partial charge on any atom is 0.345 e. The minimum absolute atomic E-state index is 0.248. The van der Waals surface area contributed by atoms with E-state index in [1.807, 2.05) is 24.0 Å². The normalized spacial score (nSPS) is 12.9. The highest BCUT2D eigenvalue weighted by atomic mass is 79.9. The summed E-state index contributed by atoms with van der Waals surface area (Å²) >= 11 is 3.49. The molecule has 0 radical (unpaired) electrons. The predicted molar refractivity (Wildman–Crippen MR) is 94.0 cm³/mol. The number of carbonyl (C=O) groups is 1. The Kier molecular flexibility index (Phi) is 4.99. The number of rotatable bonds is 5. The van der Waals surface area contributed by atoms with Gasteiger partial charge < -0.3 is 14.4 Å². The van der Waals surface area contributed by atoms with E-state index in [0.717, 1.165) is 23.1 Å². The van der Waals surface area contributed by atoms with E-state index < -0.39 is 5.97 Å². The first-order valence-corrected chi connectivity index (χ1v) is 8.66. The third kappa shape index (κ3) is 3.21. The van der Waals surface area contributed by atoms with Crippen LogP contribution in [0.2, 0.25) is 0 Å². The fourth-order valence-electron chi connectivity index (χ4n) is 2.66. The van der Waals surface area contributed by atoms with E-state index in [4.69, 9.17) is 9.47 Å². The summed E-state index contributed by atoms with van der Waals surface area (Å²) in [5.41, 5.74) is 2.56. The number of carbonyl (C=O) groups excluding carboxylic acids is 1. The number of hydrogen-bond acceptors (Lipinski definition) is 6. The standard InChI is InChI=1S/C17H18BrN3O3/c1-3-23-15-13(16(22)24-4-2)10-19-17(20-15)21-8-7-11-9-12(18)5-6-14(11)21/h5-6,9-10H,3-4,7-8H2,1-2H3. The molecule has 0 bridgehead atoms. The molecule has 7 heteroatoms. The Hall–Kier alpha value is -2.15. The van der Waals surface area contributed by atoms with Crippen LogP contribution in [0, 0.1) is 0 Å². The second-order valence-corrected chi connectivity index (χ2v) is 6.13. The van der Waals surface area contributed by atoms with Crippen molar-refractivity contribution in [1.29, 1.82) is 0 Å². The first-order valence-electron chi connectivity index (χ1n) is 7.87. The van der Waals surface area contributed by atoms with E-state index in [-0.39, 0.29) is 11.4 Å². The summed E-state index contributed by atoms with van der Waals surface area (Å²) in [7, 11) is 0. The van der Waals surface area contributed by atoms with E-state index in [1.165, 1.54) is 11.8 Å². The molecular weight excluding hydrogens is 374 g/mol. The molecule has 1 aromatic heterocycles. The van der Waals surface area contributed by atoms with Crippen LogP contribution >= 0.6 is 15.9 Å². The Morgan fingerprint density at radius 3 is 2.92 bits per heavy atom. The minimum Gasteiger partial charge on any atom is -0.477 e. The van der Waals surface area contributed by atoms with Crippen LogP contribution in [-0.4, -0.2) is 35.7 Å². The number of ether oxygens (including phenoxy) is 2. The molecule has 0 saturated carbocycles. The van der Waals surface area contributed by atoms with E-state index >= 15 is 0 Å². The van der Waals surface area contributed by atoms with Gasteiger partial charge in [0.1, 0.15) is 5.56 Å². The molecule has 1 aromatic carbocycles. The molecule has 1 aliphatic rings. The van der Waals surface area contributed by atoms with Crippen LogP contribution in [0.4, 0.5) is 11.6 Å². The SMILES string of the molecule is CCOC(=O)c1cnc(N2CCc3cc(Br)ccc32)nc1OCC. The maximum atomic E-state index is 12.0. The second-order valence-electron chi connectivity index (χ2n) is 5.22. The molecule has 0 amide bonds. The number of fused-ring (bicyclic) bond motifs is 1. The van der Waals surface area contributed by atoms with Gasteiger partial charge in [0.15, 0.2) is 0 Å². The fourth-order valence-corrected chi connectivity index (χ4v) is 3.07. The summed E-state index contributed by atoms with van der Waals surface area (Å²) in [4.78, 5) is 22.8. The Labute approximate surface area is 148 Å². The zero-order chi connectivity index (χ0) is 17.1. The molecular formula is C17H18BrN3O3. The van der Waals surface area contributed by atoms with Crippen molar-refractivity contribution in [2.24, 2.45) is 0 Å². The molecule has 0 N–H and O–H groups in total. The molecule has 2 aromatic rings. The Morgan fingerprint density at radius 2 is 2.17 bits per heavy atom. The molecule has 0 saturated heterocycles. The molecule has 0 spiro atoms. The number of benzene rings is 1. The Morgan fingerprint density at radius 1 is 1.33 bits per heavy atom. The van der Waals surface area contributed by atoms with Gasteiger partial charge in [0.05, 0.1) is 19.4 Å². The van der Waals surface area contributed by atoms with Gasteiger partial charge in [-0.25, -0.2) is 9.78 Å². The molecule has 6 nitrogen and oxygen atoms in total. The molecule has 24 heavy (non-hydrogen) atoms. The van der Waals surface area contributed by atoms with Crippen LogP contribution in [0.15, 0.2) is 28.9 Å². The van der Waals surface area contributed by atoms with Crippen LogP contribution in [-0.2, 0) is 11.2 Å². The van der Waals surface area contributed by atoms with Crippen molar-refractivity contribution in [2.75, 3.05) is 24.7 Å². The lowest BCUT2D eigenvalue weighted by Crippen LogP contribution is -2.18. The van der Waals surface area contributed by atoms with Gasteiger partial charge in [0.2, 0.25) is 11.8 Å². The smallest absolute Gasteiger partial charge is 0.345 e. The van der Waals surface area contributed by atoms with E-state index in [0.29, 0.717) is 19.2 Å². The third-order valence-corrected chi connectivity index (χ3v) is 4.19. The summed E-state index contributed by atoms with van der Waals surface area (Å²) in [5, 5.41) is 0.